The summed E-state index contributed by atoms with van der Waals surface area (Å²) in [7, 11) is 0. The number of carbonyl (C=O) groups excluding carboxylic acids is 1. The fourth-order valence-electron chi connectivity index (χ4n) is 2.74. The fraction of sp³-hybridized carbons (Fsp3) is 0.600. The highest BCUT2D eigenvalue weighted by molar-refractivity contribution is 5.79. The molecule has 1 fully saturated rings. The van der Waals surface area contributed by atoms with E-state index in [1.165, 1.54) is 19.3 Å². The van der Waals surface area contributed by atoms with Gasteiger partial charge in [-0.15, -0.1) is 0 Å². The summed E-state index contributed by atoms with van der Waals surface area (Å²) in [6.45, 7) is 4.08. The number of nitrogens with one attached hydrogen (secondary N) is 1. The number of amides is 1. The first-order valence-corrected chi connectivity index (χ1v) is 6.89. The third kappa shape index (κ3) is 3.09. The standard InChI is InChI=1S/C15H22N2O/c1-11-10-16-9-8-14(11)12(2)17-15(18)13-6-4-3-5-7-13/h8-10,12-13H,3-7H2,1-2H3,(H,17,18). The fourth-order valence-corrected chi connectivity index (χ4v) is 2.74. The second-order valence-electron chi connectivity index (χ2n) is 5.30. The van der Waals surface area contributed by atoms with Crippen molar-refractivity contribution in [1.82, 2.24) is 10.3 Å². The topological polar surface area (TPSA) is 42.0 Å². The second-order valence-corrected chi connectivity index (χ2v) is 5.30. The molecule has 1 aliphatic carbocycles. The zero-order valence-corrected chi connectivity index (χ0v) is 11.3. The van der Waals surface area contributed by atoms with Crippen LogP contribution in [0.1, 0.15) is 56.2 Å². The normalized spacial score (nSPS) is 18.3. The van der Waals surface area contributed by atoms with Crippen molar-refractivity contribution in [3.63, 3.8) is 0 Å². The van der Waals surface area contributed by atoms with Gasteiger partial charge in [0.1, 0.15) is 0 Å². The molecule has 18 heavy (non-hydrogen) atoms. The summed E-state index contributed by atoms with van der Waals surface area (Å²) in [6.07, 6.45) is 9.40. The van der Waals surface area contributed by atoms with Gasteiger partial charge in [-0.1, -0.05) is 19.3 Å². The Balaban J connectivity index is 1.96. The van der Waals surface area contributed by atoms with Crippen LogP contribution in [0.3, 0.4) is 0 Å². The molecule has 1 aromatic heterocycles. The Morgan fingerprint density at radius 3 is 2.78 bits per heavy atom. The first kappa shape index (κ1) is 13.1. The summed E-state index contributed by atoms with van der Waals surface area (Å²) in [5.41, 5.74) is 2.29. The quantitative estimate of drug-likeness (QED) is 0.890. The number of carbonyl (C=O) groups is 1. The number of aryl methyl sites for hydroxylation is 1. The van der Waals surface area contributed by atoms with Crippen LogP contribution in [0.2, 0.25) is 0 Å². The summed E-state index contributed by atoms with van der Waals surface area (Å²) in [5.74, 6) is 0.446. The van der Waals surface area contributed by atoms with Gasteiger partial charge in [0.2, 0.25) is 5.91 Å². The van der Waals surface area contributed by atoms with Crippen LogP contribution in [0.4, 0.5) is 0 Å². The predicted octanol–water partition coefficient (Wildman–Crippen LogP) is 3.15. The van der Waals surface area contributed by atoms with Crippen LogP contribution in [0.25, 0.3) is 0 Å². The van der Waals surface area contributed by atoms with Gasteiger partial charge in [-0.2, -0.15) is 0 Å². The Labute approximate surface area is 109 Å². The van der Waals surface area contributed by atoms with E-state index in [1.807, 2.05) is 26.1 Å². The maximum Gasteiger partial charge on any atom is 0.223 e. The van der Waals surface area contributed by atoms with Gasteiger partial charge in [0.15, 0.2) is 0 Å². The Bertz CT molecular complexity index is 411. The molecule has 3 nitrogen and oxygen atoms in total. The molecule has 1 heterocycles. The molecule has 1 saturated carbocycles. The molecular weight excluding hydrogens is 224 g/mol. The van der Waals surface area contributed by atoms with E-state index < -0.39 is 0 Å². The first-order valence-electron chi connectivity index (χ1n) is 6.89. The Morgan fingerprint density at radius 1 is 1.39 bits per heavy atom. The van der Waals surface area contributed by atoms with Crippen molar-refractivity contribution < 1.29 is 4.79 Å². The molecule has 0 aliphatic heterocycles. The van der Waals surface area contributed by atoms with Crippen LogP contribution >= 0.6 is 0 Å². The molecule has 1 unspecified atom stereocenters. The summed E-state index contributed by atoms with van der Waals surface area (Å²) in [4.78, 5) is 16.3. The molecule has 98 valence electrons. The van der Waals surface area contributed by atoms with E-state index in [9.17, 15) is 4.79 Å². The van der Waals surface area contributed by atoms with Gasteiger partial charge in [-0.25, -0.2) is 0 Å². The van der Waals surface area contributed by atoms with Crippen LogP contribution in [-0.2, 0) is 4.79 Å². The number of aromatic nitrogens is 1. The average Bonchev–Trinajstić information content (AvgIpc) is 2.40. The highest BCUT2D eigenvalue weighted by Crippen LogP contribution is 2.25. The van der Waals surface area contributed by atoms with E-state index in [0.717, 1.165) is 24.0 Å². The van der Waals surface area contributed by atoms with Crippen molar-refractivity contribution in [2.75, 3.05) is 0 Å². The van der Waals surface area contributed by atoms with E-state index >= 15 is 0 Å². The second kappa shape index (κ2) is 5.98. The van der Waals surface area contributed by atoms with Crippen molar-refractivity contribution in [3.05, 3.63) is 29.6 Å². The van der Waals surface area contributed by atoms with Crippen LogP contribution < -0.4 is 5.32 Å². The highest BCUT2D eigenvalue weighted by atomic mass is 16.1. The van der Waals surface area contributed by atoms with Crippen molar-refractivity contribution >= 4 is 5.91 Å². The number of rotatable bonds is 3. The minimum atomic E-state index is 0.0717. The maximum absolute atomic E-state index is 12.2. The predicted molar refractivity (Wildman–Crippen MR) is 72.1 cm³/mol. The summed E-state index contributed by atoms with van der Waals surface area (Å²) in [6, 6.07) is 2.06. The van der Waals surface area contributed by atoms with Gasteiger partial charge in [0, 0.05) is 18.3 Å². The monoisotopic (exact) mass is 246 g/mol. The van der Waals surface area contributed by atoms with E-state index in [1.54, 1.807) is 6.20 Å². The van der Waals surface area contributed by atoms with Crippen molar-refractivity contribution in [3.8, 4) is 0 Å². The van der Waals surface area contributed by atoms with Crippen molar-refractivity contribution in [2.45, 2.75) is 52.0 Å². The highest BCUT2D eigenvalue weighted by Gasteiger charge is 2.22. The van der Waals surface area contributed by atoms with E-state index in [2.05, 4.69) is 10.3 Å². The molecule has 0 spiro atoms. The van der Waals surface area contributed by atoms with E-state index in [-0.39, 0.29) is 17.9 Å². The van der Waals surface area contributed by atoms with Gasteiger partial charge in [0.05, 0.1) is 6.04 Å². The van der Waals surface area contributed by atoms with E-state index in [0.29, 0.717) is 0 Å². The van der Waals surface area contributed by atoms with E-state index in [4.69, 9.17) is 0 Å². The molecule has 0 bridgehead atoms. The Kier molecular flexibility index (Phi) is 4.34. The first-order chi connectivity index (χ1) is 8.68. The summed E-state index contributed by atoms with van der Waals surface area (Å²) >= 11 is 0. The van der Waals surface area contributed by atoms with Gasteiger partial charge < -0.3 is 5.32 Å². The minimum absolute atomic E-state index is 0.0717. The third-order valence-corrected chi connectivity index (χ3v) is 3.86. The molecule has 2 rings (SSSR count). The van der Waals surface area contributed by atoms with Gasteiger partial charge in [-0.05, 0) is 43.9 Å². The smallest absolute Gasteiger partial charge is 0.223 e. The lowest BCUT2D eigenvalue weighted by atomic mass is 9.88. The van der Waals surface area contributed by atoms with Crippen LogP contribution in [0.5, 0.6) is 0 Å². The average molecular weight is 246 g/mol. The molecule has 1 aliphatic rings. The molecular formula is C15H22N2O. The van der Waals surface area contributed by atoms with Crippen LogP contribution in [0, 0.1) is 12.8 Å². The molecule has 3 heteroatoms. The molecule has 0 saturated heterocycles. The third-order valence-electron chi connectivity index (χ3n) is 3.86. The minimum Gasteiger partial charge on any atom is -0.349 e. The van der Waals surface area contributed by atoms with Crippen LogP contribution in [-0.4, -0.2) is 10.9 Å². The Morgan fingerprint density at radius 2 is 2.11 bits per heavy atom. The molecule has 1 atom stereocenters. The largest absolute Gasteiger partial charge is 0.349 e. The van der Waals surface area contributed by atoms with Crippen LogP contribution in [0.15, 0.2) is 18.5 Å². The summed E-state index contributed by atoms with van der Waals surface area (Å²) < 4.78 is 0. The van der Waals surface area contributed by atoms with Crippen molar-refractivity contribution in [1.29, 1.82) is 0 Å². The molecule has 0 aromatic carbocycles. The maximum atomic E-state index is 12.2. The number of hydrogen-bond acceptors (Lipinski definition) is 2. The number of nitrogens with zero attached hydrogens (tertiary/aromatic N) is 1. The lowest BCUT2D eigenvalue weighted by Crippen LogP contribution is -2.34. The lowest BCUT2D eigenvalue weighted by molar-refractivity contribution is -0.126. The lowest BCUT2D eigenvalue weighted by Gasteiger charge is -2.24. The summed E-state index contributed by atoms with van der Waals surface area (Å²) in [5, 5.41) is 3.14. The SMILES string of the molecule is Cc1cnccc1C(C)NC(=O)C1CCCCC1. The van der Waals surface area contributed by atoms with Gasteiger partial charge in [-0.3, -0.25) is 9.78 Å². The Hall–Kier alpha value is -1.38. The molecule has 1 aromatic rings. The number of pyridine rings is 1. The van der Waals surface area contributed by atoms with Gasteiger partial charge in [0.25, 0.3) is 0 Å². The zero-order valence-electron chi connectivity index (χ0n) is 11.3. The molecule has 0 radical (unpaired) electrons. The molecule has 1 amide bonds. The number of hydrogen-bond donors (Lipinski definition) is 1. The van der Waals surface area contributed by atoms with Gasteiger partial charge >= 0.3 is 0 Å². The molecule has 1 N–H and O–H groups in total. The van der Waals surface area contributed by atoms with Crippen molar-refractivity contribution in [2.24, 2.45) is 5.92 Å². The zero-order chi connectivity index (χ0) is 13.0.